The lowest BCUT2D eigenvalue weighted by molar-refractivity contribution is 0.123. The van der Waals surface area contributed by atoms with E-state index in [1.165, 1.54) is 12.1 Å². The minimum Gasteiger partial charge on any atom is -0.508 e. The van der Waals surface area contributed by atoms with Crippen molar-refractivity contribution >= 4 is 23.2 Å². The van der Waals surface area contributed by atoms with Gasteiger partial charge in [0, 0.05) is 12.1 Å². The van der Waals surface area contributed by atoms with Gasteiger partial charge in [-0.3, -0.25) is 0 Å². The highest BCUT2D eigenvalue weighted by Gasteiger charge is 2.10. The van der Waals surface area contributed by atoms with Crippen LogP contribution in [0.4, 0.5) is 0 Å². The summed E-state index contributed by atoms with van der Waals surface area (Å²) in [6, 6.07) is 2.65. The molecule has 0 aliphatic rings. The number of phenols is 1. The second kappa shape index (κ2) is 4.73. The summed E-state index contributed by atoms with van der Waals surface area (Å²) < 4.78 is 5.16. The molecule has 0 aromatic heterocycles. The van der Waals surface area contributed by atoms with Crippen molar-refractivity contribution in [3.05, 3.63) is 22.2 Å². The highest BCUT2D eigenvalue weighted by molar-refractivity contribution is 6.37. The molecule has 0 bridgehead atoms. The molecule has 1 rings (SSSR count). The molecule has 78 valence electrons. The Morgan fingerprint density at radius 3 is 2.29 bits per heavy atom. The average molecular weight is 237 g/mol. The van der Waals surface area contributed by atoms with Gasteiger partial charge in [0.1, 0.15) is 12.4 Å². The van der Waals surface area contributed by atoms with Crippen LogP contribution in [0.1, 0.15) is 6.92 Å². The normalized spacial score (nSPS) is 12.6. The first-order chi connectivity index (χ1) is 6.50. The van der Waals surface area contributed by atoms with Gasteiger partial charge in [-0.2, -0.15) is 0 Å². The van der Waals surface area contributed by atoms with E-state index in [2.05, 4.69) is 0 Å². The first-order valence-electron chi connectivity index (χ1n) is 3.99. The van der Waals surface area contributed by atoms with Crippen molar-refractivity contribution < 1.29 is 14.9 Å². The number of hydrogen-bond donors (Lipinski definition) is 2. The van der Waals surface area contributed by atoms with E-state index in [0.717, 1.165) is 0 Å². The molecule has 14 heavy (non-hydrogen) atoms. The Morgan fingerprint density at radius 2 is 1.86 bits per heavy atom. The van der Waals surface area contributed by atoms with Crippen LogP contribution in [-0.2, 0) is 0 Å². The number of aliphatic hydroxyl groups is 1. The lowest BCUT2D eigenvalue weighted by Crippen LogP contribution is -2.13. The molecule has 0 spiro atoms. The zero-order chi connectivity index (χ0) is 10.7. The fraction of sp³-hybridized carbons (Fsp3) is 0.333. The predicted octanol–water partition coefficient (Wildman–Crippen LogP) is 2.46. The van der Waals surface area contributed by atoms with Crippen LogP contribution in [-0.4, -0.2) is 22.9 Å². The summed E-state index contributed by atoms with van der Waals surface area (Å²) >= 11 is 11.5. The van der Waals surface area contributed by atoms with E-state index in [-0.39, 0.29) is 28.2 Å². The van der Waals surface area contributed by atoms with Crippen molar-refractivity contribution in [1.29, 1.82) is 0 Å². The zero-order valence-corrected chi connectivity index (χ0v) is 9.01. The van der Waals surface area contributed by atoms with E-state index in [1.807, 2.05) is 0 Å². The molecule has 5 heteroatoms. The van der Waals surface area contributed by atoms with Gasteiger partial charge < -0.3 is 14.9 Å². The number of aliphatic hydroxyl groups excluding tert-OH is 1. The summed E-state index contributed by atoms with van der Waals surface area (Å²) in [5, 5.41) is 18.5. The fourth-order valence-corrected chi connectivity index (χ4v) is 1.47. The van der Waals surface area contributed by atoms with E-state index in [0.29, 0.717) is 0 Å². The molecular weight excluding hydrogens is 227 g/mol. The van der Waals surface area contributed by atoms with Crippen molar-refractivity contribution in [3.8, 4) is 11.5 Å². The number of rotatable bonds is 3. The van der Waals surface area contributed by atoms with Gasteiger partial charge in [0.05, 0.1) is 16.1 Å². The molecule has 0 saturated heterocycles. The van der Waals surface area contributed by atoms with Crippen LogP contribution >= 0.6 is 23.2 Å². The topological polar surface area (TPSA) is 49.7 Å². The van der Waals surface area contributed by atoms with Crippen LogP contribution < -0.4 is 4.74 Å². The Morgan fingerprint density at radius 1 is 1.36 bits per heavy atom. The lowest BCUT2D eigenvalue weighted by Gasteiger charge is -2.11. The van der Waals surface area contributed by atoms with Crippen molar-refractivity contribution in [1.82, 2.24) is 0 Å². The maximum absolute atomic E-state index is 9.12. The monoisotopic (exact) mass is 236 g/mol. The summed E-state index contributed by atoms with van der Waals surface area (Å²) in [4.78, 5) is 0. The number of benzene rings is 1. The molecule has 3 nitrogen and oxygen atoms in total. The number of halogens is 2. The molecular formula is C9H10Cl2O3. The van der Waals surface area contributed by atoms with E-state index in [9.17, 15) is 0 Å². The van der Waals surface area contributed by atoms with E-state index in [4.69, 9.17) is 38.2 Å². The molecule has 0 aliphatic heterocycles. The van der Waals surface area contributed by atoms with Crippen LogP contribution in [0.2, 0.25) is 10.0 Å². The smallest absolute Gasteiger partial charge is 0.156 e. The summed E-state index contributed by atoms with van der Waals surface area (Å²) in [6.45, 7) is 1.69. The molecule has 0 amide bonds. The number of ether oxygens (including phenoxy) is 1. The van der Waals surface area contributed by atoms with E-state index < -0.39 is 6.10 Å². The van der Waals surface area contributed by atoms with Gasteiger partial charge in [0.25, 0.3) is 0 Å². The van der Waals surface area contributed by atoms with Gasteiger partial charge in [-0.1, -0.05) is 23.2 Å². The van der Waals surface area contributed by atoms with Gasteiger partial charge >= 0.3 is 0 Å². The average Bonchev–Trinajstić information content (AvgIpc) is 2.01. The first kappa shape index (κ1) is 11.4. The molecule has 0 radical (unpaired) electrons. The zero-order valence-electron chi connectivity index (χ0n) is 7.50. The molecule has 0 aliphatic carbocycles. The molecule has 0 saturated carbocycles. The summed E-state index contributed by atoms with van der Waals surface area (Å²) in [7, 11) is 0. The Bertz CT molecular complexity index is 303. The second-order valence-electron chi connectivity index (χ2n) is 2.90. The van der Waals surface area contributed by atoms with Gasteiger partial charge in [-0.05, 0) is 6.92 Å². The predicted molar refractivity (Wildman–Crippen MR) is 55.3 cm³/mol. The fourth-order valence-electron chi connectivity index (χ4n) is 0.888. The standard InChI is InChI=1S/C9H10Cl2O3/c1-5(12)4-14-9-7(10)2-6(13)3-8(9)11/h2-3,5,12-13H,4H2,1H3. The quantitative estimate of drug-likeness (QED) is 0.848. The van der Waals surface area contributed by atoms with E-state index in [1.54, 1.807) is 6.92 Å². The molecule has 0 heterocycles. The number of hydrogen-bond acceptors (Lipinski definition) is 3. The molecule has 1 unspecified atom stereocenters. The van der Waals surface area contributed by atoms with Crippen LogP contribution in [0.15, 0.2) is 12.1 Å². The second-order valence-corrected chi connectivity index (χ2v) is 3.71. The third-order valence-electron chi connectivity index (χ3n) is 1.45. The minimum atomic E-state index is -0.601. The molecule has 2 N–H and O–H groups in total. The van der Waals surface area contributed by atoms with Gasteiger partial charge in [0.2, 0.25) is 0 Å². The Labute approximate surface area is 91.8 Å². The molecule has 1 atom stereocenters. The highest BCUT2D eigenvalue weighted by atomic mass is 35.5. The Hall–Kier alpha value is -0.640. The SMILES string of the molecule is CC(O)COc1c(Cl)cc(O)cc1Cl. The van der Waals surface area contributed by atoms with Gasteiger partial charge in [0.15, 0.2) is 5.75 Å². The third kappa shape index (κ3) is 2.94. The van der Waals surface area contributed by atoms with Gasteiger partial charge in [-0.25, -0.2) is 0 Å². The Kier molecular flexibility index (Phi) is 3.86. The summed E-state index contributed by atoms with van der Waals surface area (Å²) in [5.74, 6) is 0.247. The molecule has 1 aromatic rings. The van der Waals surface area contributed by atoms with Crippen molar-refractivity contribution in [2.75, 3.05) is 6.61 Å². The summed E-state index contributed by atoms with van der Waals surface area (Å²) in [6.07, 6.45) is -0.601. The first-order valence-corrected chi connectivity index (χ1v) is 4.75. The lowest BCUT2D eigenvalue weighted by atomic mass is 10.3. The van der Waals surface area contributed by atoms with E-state index >= 15 is 0 Å². The van der Waals surface area contributed by atoms with Crippen molar-refractivity contribution in [2.45, 2.75) is 13.0 Å². The Balaban J connectivity index is 2.86. The third-order valence-corrected chi connectivity index (χ3v) is 2.01. The molecule has 0 fully saturated rings. The summed E-state index contributed by atoms with van der Waals surface area (Å²) in [5.41, 5.74) is 0. The van der Waals surface area contributed by atoms with Crippen LogP contribution in [0.3, 0.4) is 0 Å². The van der Waals surface area contributed by atoms with Crippen LogP contribution in [0.5, 0.6) is 11.5 Å². The van der Waals surface area contributed by atoms with Gasteiger partial charge in [-0.15, -0.1) is 0 Å². The van der Waals surface area contributed by atoms with Crippen molar-refractivity contribution in [2.24, 2.45) is 0 Å². The number of aromatic hydroxyl groups is 1. The maximum Gasteiger partial charge on any atom is 0.156 e. The number of phenolic OH excluding ortho intramolecular Hbond substituents is 1. The molecule has 1 aromatic carbocycles. The largest absolute Gasteiger partial charge is 0.508 e. The van der Waals surface area contributed by atoms with Crippen LogP contribution in [0.25, 0.3) is 0 Å². The maximum atomic E-state index is 9.12. The van der Waals surface area contributed by atoms with Crippen LogP contribution in [0, 0.1) is 0 Å². The highest BCUT2D eigenvalue weighted by Crippen LogP contribution is 2.36. The minimum absolute atomic E-state index is 0.0237. The van der Waals surface area contributed by atoms with Crippen molar-refractivity contribution in [3.63, 3.8) is 0 Å².